The Kier molecular flexibility index (Phi) is 8.58. The molecule has 0 aliphatic carbocycles. The number of amides is 4. The molecule has 8 heteroatoms. The maximum Gasteiger partial charge on any atom is 0.326 e. The van der Waals surface area contributed by atoms with E-state index in [2.05, 4.69) is 16.0 Å². The van der Waals surface area contributed by atoms with Crippen LogP contribution in [-0.4, -0.2) is 25.2 Å². The molecule has 0 saturated carbocycles. The lowest BCUT2D eigenvalue weighted by atomic mass is 10.1. The molecule has 33 heavy (non-hydrogen) atoms. The molecular weight excluding hydrogens is 459 g/mol. The van der Waals surface area contributed by atoms with E-state index in [9.17, 15) is 9.59 Å². The third-order valence-corrected chi connectivity index (χ3v) is 5.79. The SMILES string of the molecule is Cc1cccc(C)c1NC(=O)NCCCN(C(=O)Nc1ccc(Cl)c(Cl)c1)c1ccccc1. The molecule has 0 aliphatic rings. The zero-order valence-corrected chi connectivity index (χ0v) is 20.0. The number of halogens is 2. The first kappa shape index (κ1) is 24.4. The van der Waals surface area contributed by atoms with Crippen LogP contribution in [0.15, 0.2) is 66.7 Å². The molecule has 3 N–H and O–H groups in total. The highest BCUT2D eigenvalue weighted by atomic mass is 35.5. The van der Waals surface area contributed by atoms with Crippen LogP contribution in [0.1, 0.15) is 17.5 Å². The second-order valence-corrected chi connectivity index (χ2v) is 8.36. The van der Waals surface area contributed by atoms with Crippen molar-refractivity contribution in [2.45, 2.75) is 20.3 Å². The van der Waals surface area contributed by atoms with Gasteiger partial charge in [-0.3, -0.25) is 4.90 Å². The first-order chi connectivity index (χ1) is 15.8. The molecule has 0 heterocycles. The summed E-state index contributed by atoms with van der Waals surface area (Å²) in [7, 11) is 0. The average molecular weight is 485 g/mol. The van der Waals surface area contributed by atoms with Crippen LogP contribution in [0.4, 0.5) is 26.7 Å². The van der Waals surface area contributed by atoms with Crippen molar-refractivity contribution in [2.24, 2.45) is 0 Å². The second kappa shape index (κ2) is 11.6. The molecule has 0 spiro atoms. The molecule has 0 aliphatic heterocycles. The Hall–Kier alpha value is -3.22. The van der Waals surface area contributed by atoms with Gasteiger partial charge in [0, 0.05) is 30.2 Å². The number of carbonyl (C=O) groups is 2. The van der Waals surface area contributed by atoms with Crippen LogP contribution < -0.4 is 20.9 Å². The predicted molar refractivity (Wildman–Crippen MR) is 137 cm³/mol. The van der Waals surface area contributed by atoms with Gasteiger partial charge in [-0.1, -0.05) is 59.6 Å². The van der Waals surface area contributed by atoms with Crippen LogP contribution in [-0.2, 0) is 0 Å². The Labute approximate surface area is 203 Å². The van der Waals surface area contributed by atoms with Crippen LogP contribution >= 0.6 is 23.2 Å². The van der Waals surface area contributed by atoms with Gasteiger partial charge in [0.15, 0.2) is 0 Å². The van der Waals surface area contributed by atoms with Gasteiger partial charge in [0.2, 0.25) is 0 Å². The van der Waals surface area contributed by atoms with Crippen molar-refractivity contribution >= 4 is 52.3 Å². The molecule has 3 aromatic carbocycles. The summed E-state index contributed by atoms with van der Waals surface area (Å²) in [6.07, 6.45) is 0.559. The van der Waals surface area contributed by atoms with E-state index >= 15 is 0 Å². The molecule has 0 bridgehead atoms. The Morgan fingerprint density at radius 2 is 1.55 bits per heavy atom. The molecule has 0 radical (unpaired) electrons. The number of nitrogens with one attached hydrogen (secondary N) is 3. The minimum absolute atomic E-state index is 0.279. The summed E-state index contributed by atoms with van der Waals surface area (Å²) in [4.78, 5) is 26.9. The van der Waals surface area contributed by atoms with E-state index in [0.717, 1.165) is 22.5 Å². The Balaban J connectivity index is 1.58. The van der Waals surface area contributed by atoms with Gasteiger partial charge in [-0.05, 0) is 61.7 Å². The minimum atomic E-state index is -0.306. The first-order valence-electron chi connectivity index (χ1n) is 10.5. The fourth-order valence-electron chi connectivity index (χ4n) is 3.33. The van der Waals surface area contributed by atoms with E-state index in [4.69, 9.17) is 23.2 Å². The van der Waals surface area contributed by atoms with Gasteiger partial charge < -0.3 is 16.0 Å². The predicted octanol–water partition coefficient (Wildman–Crippen LogP) is 6.86. The van der Waals surface area contributed by atoms with E-state index in [0.29, 0.717) is 35.2 Å². The van der Waals surface area contributed by atoms with Crippen molar-refractivity contribution in [3.8, 4) is 0 Å². The quantitative estimate of drug-likeness (QED) is 0.320. The standard InChI is InChI=1S/C25H26Cl2N4O2/c1-17-8-6-9-18(2)23(17)30-24(32)28-14-7-15-31(20-10-4-3-5-11-20)25(33)29-19-12-13-21(26)22(27)16-19/h3-6,8-13,16H,7,14-15H2,1-2H3,(H,29,33)(H2,28,30,32). The molecule has 172 valence electrons. The van der Waals surface area contributed by atoms with Crippen LogP contribution in [0.2, 0.25) is 10.0 Å². The molecule has 4 amide bonds. The molecule has 3 aromatic rings. The van der Waals surface area contributed by atoms with Gasteiger partial charge in [-0.15, -0.1) is 0 Å². The summed E-state index contributed by atoms with van der Waals surface area (Å²) in [6.45, 7) is 4.71. The van der Waals surface area contributed by atoms with Gasteiger partial charge in [-0.25, -0.2) is 9.59 Å². The molecule has 0 atom stereocenters. The third kappa shape index (κ3) is 6.88. The number of aryl methyl sites for hydroxylation is 2. The average Bonchev–Trinajstić information content (AvgIpc) is 2.79. The number of rotatable bonds is 7. The van der Waals surface area contributed by atoms with E-state index < -0.39 is 0 Å². The van der Waals surface area contributed by atoms with Crippen molar-refractivity contribution < 1.29 is 9.59 Å². The van der Waals surface area contributed by atoms with Crippen molar-refractivity contribution in [3.05, 3.63) is 87.9 Å². The van der Waals surface area contributed by atoms with E-state index in [1.165, 1.54) is 0 Å². The molecule has 0 aromatic heterocycles. The number of anilines is 3. The monoisotopic (exact) mass is 484 g/mol. The largest absolute Gasteiger partial charge is 0.338 e. The third-order valence-electron chi connectivity index (χ3n) is 5.05. The Morgan fingerprint density at radius 1 is 0.848 bits per heavy atom. The highest BCUT2D eigenvalue weighted by Crippen LogP contribution is 2.26. The number of hydrogen-bond donors (Lipinski definition) is 3. The zero-order valence-electron chi connectivity index (χ0n) is 18.5. The topological polar surface area (TPSA) is 73.5 Å². The summed E-state index contributed by atoms with van der Waals surface area (Å²) >= 11 is 12.0. The number of urea groups is 2. The van der Waals surface area contributed by atoms with Crippen molar-refractivity contribution in [3.63, 3.8) is 0 Å². The van der Waals surface area contributed by atoms with Crippen molar-refractivity contribution in [1.82, 2.24) is 5.32 Å². The number of hydrogen-bond acceptors (Lipinski definition) is 2. The summed E-state index contributed by atoms with van der Waals surface area (Å²) < 4.78 is 0. The minimum Gasteiger partial charge on any atom is -0.338 e. The Bertz CT molecular complexity index is 1100. The van der Waals surface area contributed by atoms with Gasteiger partial charge >= 0.3 is 12.1 Å². The zero-order chi connectivity index (χ0) is 23.8. The molecule has 3 rings (SSSR count). The molecular formula is C25H26Cl2N4O2. The van der Waals surface area contributed by atoms with E-state index in [-0.39, 0.29) is 12.1 Å². The van der Waals surface area contributed by atoms with Crippen LogP contribution in [0.5, 0.6) is 0 Å². The summed E-state index contributed by atoms with van der Waals surface area (Å²) in [6, 6.07) is 19.5. The van der Waals surface area contributed by atoms with Crippen molar-refractivity contribution in [2.75, 3.05) is 28.6 Å². The van der Waals surface area contributed by atoms with E-state index in [1.54, 1.807) is 23.1 Å². The highest BCUT2D eigenvalue weighted by molar-refractivity contribution is 6.42. The van der Waals surface area contributed by atoms with Gasteiger partial charge in [0.25, 0.3) is 0 Å². The van der Waals surface area contributed by atoms with Crippen molar-refractivity contribution in [1.29, 1.82) is 0 Å². The second-order valence-electron chi connectivity index (χ2n) is 7.55. The fraction of sp³-hybridized carbons (Fsp3) is 0.200. The lowest BCUT2D eigenvalue weighted by Crippen LogP contribution is -2.38. The number of nitrogens with zero attached hydrogens (tertiary/aromatic N) is 1. The van der Waals surface area contributed by atoms with Crippen LogP contribution in [0.3, 0.4) is 0 Å². The van der Waals surface area contributed by atoms with Crippen LogP contribution in [0, 0.1) is 13.8 Å². The van der Waals surface area contributed by atoms with Gasteiger partial charge in [-0.2, -0.15) is 0 Å². The molecule has 6 nitrogen and oxygen atoms in total. The molecule has 0 unspecified atom stereocenters. The number of carbonyl (C=O) groups excluding carboxylic acids is 2. The molecule has 0 fully saturated rings. The lowest BCUT2D eigenvalue weighted by Gasteiger charge is -2.23. The van der Waals surface area contributed by atoms with Gasteiger partial charge in [0.05, 0.1) is 10.0 Å². The maximum absolute atomic E-state index is 13.0. The summed E-state index contributed by atoms with van der Waals surface area (Å²) in [5, 5.41) is 9.38. The number of para-hydroxylation sites is 2. The number of benzene rings is 3. The first-order valence-corrected chi connectivity index (χ1v) is 11.3. The summed E-state index contributed by atoms with van der Waals surface area (Å²) in [5.41, 5.74) is 4.09. The fourth-order valence-corrected chi connectivity index (χ4v) is 3.63. The highest BCUT2D eigenvalue weighted by Gasteiger charge is 2.16. The lowest BCUT2D eigenvalue weighted by molar-refractivity contribution is 0.252. The summed E-state index contributed by atoms with van der Waals surface area (Å²) in [5.74, 6) is 0. The molecule has 0 saturated heterocycles. The maximum atomic E-state index is 13.0. The smallest absolute Gasteiger partial charge is 0.326 e. The normalized spacial score (nSPS) is 10.4. The van der Waals surface area contributed by atoms with Gasteiger partial charge in [0.1, 0.15) is 0 Å². The van der Waals surface area contributed by atoms with Crippen LogP contribution in [0.25, 0.3) is 0 Å². The van der Waals surface area contributed by atoms with E-state index in [1.807, 2.05) is 62.4 Å². The Morgan fingerprint density at radius 3 is 2.21 bits per heavy atom.